The van der Waals surface area contributed by atoms with Crippen LogP contribution in [0.15, 0.2) is 30.5 Å². The number of nitrogens with zero attached hydrogens (tertiary/aromatic N) is 4. The van der Waals surface area contributed by atoms with E-state index < -0.39 is 11.7 Å². The van der Waals surface area contributed by atoms with E-state index in [2.05, 4.69) is 39.5 Å². The Balaban J connectivity index is 1.61. The zero-order valence-electron chi connectivity index (χ0n) is 20.6. The van der Waals surface area contributed by atoms with E-state index in [0.29, 0.717) is 37.0 Å². The molecule has 0 saturated heterocycles. The first-order valence-electron chi connectivity index (χ1n) is 11.6. The van der Waals surface area contributed by atoms with Crippen LogP contribution in [-0.2, 0) is 11.3 Å². The average molecular weight is 470 g/mol. The smallest absolute Gasteiger partial charge is 0.407 e. The van der Waals surface area contributed by atoms with Gasteiger partial charge in [0, 0.05) is 24.3 Å². The number of amides is 1. The molecule has 0 fully saturated rings. The molecule has 0 saturated carbocycles. The van der Waals surface area contributed by atoms with Crippen LogP contribution in [0.3, 0.4) is 0 Å². The number of anilines is 2. The molecular weight excluding hydrogens is 434 g/mol. The Labute approximate surface area is 200 Å². The van der Waals surface area contributed by atoms with Crippen molar-refractivity contribution in [2.75, 3.05) is 24.2 Å². The van der Waals surface area contributed by atoms with E-state index in [0.717, 1.165) is 24.0 Å². The normalized spacial score (nSPS) is 11.6. The minimum absolute atomic E-state index is 0.251. The monoisotopic (exact) mass is 469 g/mol. The van der Waals surface area contributed by atoms with Crippen LogP contribution < -0.4 is 21.1 Å². The average Bonchev–Trinajstić information content (AvgIpc) is 3.18. The van der Waals surface area contributed by atoms with E-state index in [1.807, 2.05) is 51.2 Å². The number of hydrogen-bond acceptors (Lipinski definition) is 8. The minimum atomic E-state index is -0.509. The second-order valence-corrected chi connectivity index (χ2v) is 9.40. The van der Waals surface area contributed by atoms with Crippen molar-refractivity contribution in [3.63, 3.8) is 0 Å². The maximum absolute atomic E-state index is 11.7. The topological polar surface area (TPSA) is 129 Å². The molecule has 0 bridgehead atoms. The number of fused-ring (bicyclic) bond motifs is 1. The highest BCUT2D eigenvalue weighted by Gasteiger charge is 2.17. The van der Waals surface area contributed by atoms with Crippen LogP contribution in [0.25, 0.3) is 5.65 Å². The molecule has 10 heteroatoms. The second-order valence-electron chi connectivity index (χ2n) is 9.40. The van der Waals surface area contributed by atoms with Crippen molar-refractivity contribution in [2.45, 2.75) is 65.5 Å². The van der Waals surface area contributed by atoms with Gasteiger partial charge in [0.2, 0.25) is 5.95 Å². The van der Waals surface area contributed by atoms with Gasteiger partial charge in [-0.3, -0.25) is 0 Å². The number of unbranched alkanes of at least 4 members (excludes halogenated alkanes) is 1. The summed E-state index contributed by atoms with van der Waals surface area (Å²) in [5.74, 6) is 0.793. The van der Waals surface area contributed by atoms with Crippen LogP contribution in [0.4, 0.5) is 16.4 Å². The van der Waals surface area contributed by atoms with E-state index in [1.165, 1.54) is 0 Å². The SMILES string of the molecule is CC(C)c1cnn2c(NCc3cccc(N)c3)nc(OCCCCNC(=O)OC(C)(C)C)nc12. The van der Waals surface area contributed by atoms with Crippen molar-refractivity contribution < 1.29 is 14.3 Å². The maximum atomic E-state index is 11.7. The minimum Gasteiger partial charge on any atom is -0.463 e. The van der Waals surface area contributed by atoms with Crippen LogP contribution in [0, 0.1) is 0 Å². The number of carbonyl (C=O) groups is 1. The maximum Gasteiger partial charge on any atom is 0.407 e. The highest BCUT2D eigenvalue weighted by atomic mass is 16.6. The summed E-state index contributed by atoms with van der Waals surface area (Å²) in [6, 6.07) is 7.96. The molecule has 3 aromatic rings. The zero-order chi connectivity index (χ0) is 24.7. The fraction of sp³-hybridized carbons (Fsp3) is 0.500. The molecule has 1 amide bonds. The molecule has 4 N–H and O–H groups in total. The molecule has 34 heavy (non-hydrogen) atoms. The van der Waals surface area contributed by atoms with E-state index in [9.17, 15) is 4.79 Å². The second kappa shape index (κ2) is 11.0. The molecular formula is C24H35N7O3. The lowest BCUT2D eigenvalue weighted by molar-refractivity contribution is 0.0526. The molecule has 3 rings (SSSR count). The number of ether oxygens (including phenoxy) is 2. The number of nitrogens with one attached hydrogen (secondary N) is 2. The predicted molar refractivity (Wildman–Crippen MR) is 132 cm³/mol. The van der Waals surface area contributed by atoms with Crippen molar-refractivity contribution in [1.82, 2.24) is 24.9 Å². The third-order valence-electron chi connectivity index (χ3n) is 4.87. The van der Waals surface area contributed by atoms with Gasteiger partial charge in [-0.1, -0.05) is 26.0 Å². The fourth-order valence-electron chi connectivity index (χ4n) is 3.24. The Bertz CT molecular complexity index is 1110. The Morgan fingerprint density at radius 3 is 2.71 bits per heavy atom. The molecule has 0 aliphatic rings. The van der Waals surface area contributed by atoms with Crippen LogP contribution >= 0.6 is 0 Å². The van der Waals surface area contributed by atoms with Gasteiger partial charge in [0.1, 0.15) is 5.60 Å². The van der Waals surface area contributed by atoms with E-state index in [4.69, 9.17) is 15.2 Å². The zero-order valence-corrected chi connectivity index (χ0v) is 20.6. The van der Waals surface area contributed by atoms with Gasteiger partial charge < -0.3 is 25.8 Å². The Morgan fingerprint density at radius 1 is 1.21 bits per heavy atom. The van der Waals surface area contributed by atoms with Crippen molar-refractivity contribution in [2.24, 2.45) is 0 Å². The fourth-order valence-corrected chi connectivity index (χ4v) is 3.24. The van der Waals surface area contributed by atoms with Gasteiger partial charge in [0.15, 0.2) is 5.65 Å². The molecule has 0 atom stereocenters. The third-order valence-corrected chi connectivity index (χ3v) is 4.87. The largest absolute Gasteiger partial charge is 0.463 e. The summed E-state index contributed by atoms with van der Waals surface area (Å²) >= 11 is 0. The third kappa shape index (κ3) is 7.23. The Hall–Kier alpha value is -3.56. The summed E-state index contributed by atoms with van der Waals surface area (Å²) in [5.41, 5.74) is 8.84. The molecule has 1 aromatic carbocycles. The first-order valence-corrected chi connectivity index (χ1v) is 11.6. The van der Waals surface area contributed by atoms with Crippen LogP contribution in [0.2, 0.25) is 0 Å². The first kappa shape index (κ1) is 25.1. The van der Waals surface area contributed by atoms with Gasteiger partial charge in [0.05, 0.1) is 12.8 Å². The number of nitrogens with two attached hydrogens (primary N) is 1. The van der Waals surface area contributed by atoms with Gasteiger partial charge in [-0.25, -0.2) is 4.79 Å². The molecule has 0 spiro atoms. The van der Waals surface area contributed by atoms with E-state index >= 15 is 0 Å². The molecule has 0 aliphatic heterocycles. The van der Waals surface area contributed by atoms with Gasteiger partial charge in [-0.15, -0.1) is 0 Å². The number of benzene rings is 1. The lowest BCUT2D eigenvalue weighted by atomic mass is 10.1. The molecule has 0 unspecified atom stereocenters. The van der Waals surface area contributed by atoms with Crippen molar-refractivity contribution >= 4 is 23.4 Å². The number of aromatic nitrogens is 4. The van der Waals surface area contributed by atoms with Gasteiger partial charge in [-0.2, -0.15) is 19.6 Å². The molecule has 2 aromatic heterocycles. The highest BCUT2D eigenvalue weighted by Crippen LogP contribution is 2.23. The van der Waals surface area contributed by atoms with E-state index in [-0.39, 0.29) is 11.9 Å². The molecule has 10 nitrogen and oxygen atoms in total. The lowest BCUT2D eigenvalue weighted by Gasteiger charge is -2.19. The lowest BCUT2D eigenvalue weighted by Crippen LogP contribution is -2.33. The van der Waals surface area contributed by atoms with Crippen molar-refractivity contribution in [1.29, 1.82) is 0 Å². The summed E-state index contributed by atoms with van der Waals surface area (Å²) in [6.07, 6.45) is 2.87. The van der Waals surface area contributed by atoms with Gasteiger partial charge >= 0.3 is 12.1 Å². The van der Waals surface area contributed by atoms with Gasteiger partial charge in [-0.05, 0) is 57.2 Å². The van der Waals surface area contributed by atoms with Crippen LogP contribution in [0.5, 0.6) is 6.01 Å². The van der Waals surface area contributed by atoms with Crippen LogP contribution in [0.1, 0.15) is 64.5 Å². The Morgan fingerprint density at radius 2 is 2.00 bits per heavy atom. The first-order chi connectivity index (χ1) is 16.1. The summed E-state index contributed by atoms with van der Waals surface area (Å²) in [7, 11) is 0. The summed E-state index contributed by atoms with van der Waals surface area (Å²) in [4.78, 5) is 20.8. The molecule has 0 radical (unpaired) electrons. The van der Waals surface area contributed by atoms with Crippen molar-refractivity contribution in [3.8, 4) is 6.01 Å². The van der Waals surface area contributed by atoms with Crippen molar-refractivity contribution in [3.05, 3.63) is 41.6 Å². The van der Waals surface area contributed by atoms with Crippen LogP contribution in [-0.4, -0.2) is 44.4 Å². The number of alkyl carbamates (subject to hydrolysis) is 1. The highest BCUT2D eigenvalue weighted by molar-refractivity contribution is 5.67. The summed E-state index contributed by atoms with van der Waals surface area (Å²) in [5, 5.41) is 10.5. The number of rotatable bonds is 10. The molecule has 184 valence electrons. The molecule has 2 heterocycles. The summed E-state index contributed by atoms with van der Waals surface area (Å²) in [6.45, 7) is 11.2. The predicted octanol–water partition coefficient (Wildman–Crippen LogP) is 4.13. The molecule has 0 aliphatic carbocycles. The number of nitrogen functional groups attached to an aromatic ring is 1. The quantitative estimate of drug-likeness (QED) is 0.299. The number of carbonyl (C=O) groups excluding carboxylic acids is 1. The summed E-state index contributed by atoms with van der Waals surface area (Å²) < 4.78 is 12.8. The number of hydrogen-bond donors (Lipinski definition) is 3. The van der Waals surface area contributed by atoms with Gasteiger partial charge in [0.25, 0.3) is 0 Å². The van der Waals surface area contributed by atoms with E-state index in [1.54, 1.807) is 4.52 Å². The Kier molecular flexibility index (Phi) is 8.14. The standard InChI is InChI=1S/C24H35N7O3/c1-16(2)19-15-28-31-20(19)29-22(30-21(31)27-14-17-9-8-10-18(25)13-17)33-12-7-6-11-26-23(32)34-24(3,4)5/h8-10,13,15-16H,6-7,11-12,14,25H2,1-5H3,(H,26,32)(H,27,29,30).